The molecule has 0 spiro atoms. The van der Waals surface area contributed by atoms with E-state index < -0.39 is 0 Å². The van der Waals surface area contributed by atoms with Gasteiger partial charge in [-0.1, -0.05) is 23.8 Å². The SMILES string of the molecule is Cc1ccc(C)c(C2CN(C(=O)[C@@H]3CC[C@H](CN)O3)C(C)CO2)c1. The van der Waals surface area contributed by atoms with Crippen molar-refractivity contribution in [2.24, 2.45) is 5.73 Å². The maximum atomic E-state index is 12.9. The van der Waals surface area contributed by atoms with E-state index in [1.165, 1.54) is 16.7 Å². The fraction of sp³-hybridized carbons (Fsp3) is 0.632. The van der Waals surface area contributed by atoms with Crippen LogP contribution in [0, 0.1) is 13.8 Å². The summed E-state index contributed by atoms with van der Waals surface area (Å²) < 4.78 is 11.8. The second-order valence-electron chi connectivity index (χ2n) is 7.08. The normalized spacial score (nSPS) is 30.6. The summed E-state index contributed by atoms with van der Waals surface area (Å²) in [6, 6.07) is 6.45. The number of morpholine rings is 1. The summed E-state index contributed by atoms with van der Waals surface area (Å²) in [5, 5.41) is 0. The van der Waals surface area contributed by atoms with Crippen LogP contribution < -0.4 is 5.73 Å². The van der Waals surface area contributed by atoms with Crippen LogP contribution in [0.15, 0.2) is 18.2 Å². The van der Waals surface area contributed by atoms with Gasteiger partial charge in [0.1, 0.15) is 12.2 Å². The molecule has 2 fully saturated rings. The number of rotatable bonds is 3. The summed E-state index contributed by atoms with van der Waals surface area (Å²) in [7, 11) is 0. The standard InChI is InChI=1S/C19H28N2O3/c1-12-4-5-13(2)16(8-12)18-10-21(14(3)11-23-18)19(22)17-7-6-15(9-20)24-17/h4-5,8,14-15,17-18H,6-7,9-11,20H2,1-3H3/t14?,15-,17+,18?/m1/s1. The summed E-state index contributed by atoms with van der Waals surface area (Å²) in [4.78, 5) is 14.8. The molecule has 0 radical (unpaired) electrons. The molecule has 2 unspecified atom stereocenters. The molecule has 2 aliphatic rings. The predicted octanol–water partition coefficient (Wildman–Crippen LogP) is 2.10. The highest BCUT2D eigenvalue weighted by atomic mass is 16.5. The van der Waals surface area contributed by atoms with Crippen molar-refractivity contribution >= 4 is 5.91 Å². The molecule has 0 saturated carbocycles. The lowest BCUT2D eigenvalue weighted by atomic mass is 9.98. The number of ether oxygens (including phenoxy) is 2. The molecule has 2 saturated heterocycles. The summed E-state index contributed by atoms with van der Waals surface area (Å²) >= 11 is 0. The van der Waals surface area contributed by atoms with Crippen LogP contribution in [-0.4, -0.2) is 48.8 Å². The monoisotopic (exact) mass is 332 g/mol. The first kappa shape index (κ1) is 17.4. The van der Waals surface area contributed by atoms with Crippen LogP contribution in [0.2, 0.25) is 0 Å². The van der Waals surface area contributed by atoms with Gasteiger partial charge in [-0.3, -0.25) is 4.79 Å². The van der Waals surface area contributed by atoms with Crippen LogP contribution >= 0.6 is 0 Å². The Morgan fingerprint density at radius 2 is 2.12 bits per heavy atom. The molecule has 1 amide bonds. The second-order valence-corrected chi connectivity index (χ2v) is 7.08. The number of amides is 1. The topological polar surface area (TPSA) is 64.8 Å². The number of carbonyl (C=O) groups is 1. The average molecular weight is 332 g/mol. The quantitative estimate of drug-likeness (QED) is 0.920. The molecular formula is C19H28N2O3. The molecule has 2 aliphatic heterocycles. The van der Waals surface area contributed by atoms with Gasteiger partial charge < -0.3 is 20.1 Å². The van der Waals surface area contributed by atoms with E-state index in [1.54, 1.807) is 0 Å². The number of aryl methyl sites for hydroxylation is 2. The third-order valence-electron chi connectivity index (χ3n) is 5.14. The zero-order valence-electron chi connectivity index (χ0n) is 14.8. The zero-order valence-corrected chi connectivity index (χ0v) is 14.8. The summed E-state index contributed by atoms with van der Waals surface area (Å²) in [6.45, 7) is 7.82. The van der Waals surface area contributed by atoms with E-state index in [9.17, 15) is 4.79 Å². The van der Waals surface area contributed by atoms with Gasteiger partial charge in [0.05, 0.1) is 25.3 Å². The van der Waals surface area contributed by atoms with Gasteiger partial charge in [0, 0.05) is 6.54 Å². The van der Waals surface area contributed by atoms with Gasteiger partial charge in [-0.15, -0.1) is 0 Å². The lowest BCUT2D eigenvalue weighted by Gasteiger charge is -2.39. The molecule has 0 aliphatic carbocycles. The van der Waals surface area contributed by atoms with Gasteiger partial charge in [-0.25, -0.2) is 0 Å². The zero-order chi connectivity index (χ0) is 17.3. The highest BCUT2D eigenvalue weighted by Crippen LogP contribution is 2.30. The Morgan fingerprint density at radius 3 is 2.83 bits per heavy atom. The van der Waals surface area contributed by atoms with E-state index in [0.717, 1.165) is 12.8 Å². The number of hydrogen-bond acceptors (Lipinski definition) is 4. The van der Waals surface area contributed by atoms with Crippen molar-refractivity contribution in [2.75, 3.05) is 19.7 Å². The van der Waals surface area contributed by atoms with E-state index >= 15 is 0 Å². The predicted molar refractivity (Wildman–Crippen MR) is 92.7 cm³/mol. The third kappa shape index (κ3) is 3.48. The van der Waals surface area contributed by atoms with Gasteiger partial charge in [0.15, 0.2) is 0 Å². The van der Waals surface area contributed by atoms with Crippen LogP contribution in [0.1, 0.15) is 42.6 Å². The second kappa shape index (κ2) is 7.21. The van der Waals surface area contributed by atoms with Crippen molar-refractivity contribution in [3.63, 3.8) is 0 Å². The summed E-state index contributed by atoms with van der Waals surface area (Å²) in [5.74, 6) is 0.0806. The van der Waals surface area contributed by atoms with E-state index in [1.807, 2.05) is 11.8 Å². The largest absolute Gasteiger partial charge is 0.370 e. The molecule has 0 aromatic heterocycles. The summed E-state index contributed by atoms with van der Waals surface area (Å²) in [5.41, 5.74) is 9.24. The van der Waals surface area contributed by atoms with Gasteiger partial charge in [0.2, 0.25) is 0 Å². The van der Waals surface area contributed by atoms with Gasteiger partial charge >= 0.3 is 0 Å². The van der Waals surface area contributed by atoms with Crippen molar-refractivity contribution in [2.45, 2.75) is 58.0 Å². The van der Waals surface area contributed by atoms with Gasteiger partial charge in [-0.2, -0.15) is 0 Å². The molecule has 0 bridgehead atoms. The minimum atomic E-state index is -0.349. The van der Waals surface area contributed by atoms with Crippen molar-refractivity contribution < 1.29 is 14.3 Å². The van der Waals surface area contributed by atoms with Crippen LogP contribution in [0.4, 0.5) is 0 Å². The average Bonchev–Trinajstić information content (AvgIpc) is 3.06. The van der Waals surface area contributed by atoms with Crippen molar-refractivity contribution in [3.8, 4) is 0 Å². The fourth-order valence-corrected chi connectivity index (χ4v) is 3.60. The van der Waals surface area contributed by atoms with Gasteiger partial charge in [-0.05, 0) is 44.7 Å². The lowest BCUT2D eigenvalue weighted by Crippen LogP contribution is -2.51. The minimum absolute atomic E-state index is 0.0186. The first-order chi connectivity index (χ1) is 11.5. The van der Waals surface area contributed by atoms with E-state index in [0.29, 0.717) is 19.7 Å². The van der Waals surface area contributed by atoms with Crippen LogP contribution in [0.5, 0.6) is 0 Å². The maximum Gasteiger partial charge on any atom is 0.252 e. The third-order valence-corrected chi connectivity index (χ3v) is 5.14. The number of hydrogen-bond donors (Lipinski definition) is 1. The lowest BCUT2D eigenvalue weighted by molar-refractivity contribution is -0.155. The van der Waals surface area contributed by atoms with Gasteiger partial charge in [0.25, 0.3) is 5.91 Å². The Morgan fingerprint density at radius 1 is 1.33 bits per heavy atom. The molecule has 5 nitrogen and oxygen atoms in total. The number of nitrogens with two attached hydrogens (primary N) is 1. The Balaban J connectivity index is 1.74. The van der Waals surface area contributed by atoms with Crippen LogP contribution in [-0.2, 0) is 14.3 Å². The fourth-order valence-electron chi connectivity index (χ4n) is 3.60. The van der Waals surface area contributed by atoms with Crippen LogP contribution in [0.3, 0.4) is 0 Å². The van der Waals surface area contributed by atoms with E-state index in [-0.39, 0.29) is 30.3 Å². The summed E-state index contributed by atoms with van der Waals surface area (Å²) in [6.07, 6.45) is 1.23. The van der Waals surface area contributed by atoms with E-state index in [2.05, 4.69) is 32.0 Å². The molecule has 2 N–H and O–H groups in total. The molecule has 24 heavy (non-hydrogen) atoms. The van der Waals surface area contributed by atoms with Crippen molar-refractivity contribution in [1.82, 2.24) is 4.90 Å². The molecule has 132 valence electrons. The van der Waals surface area contributed by atoms with Crippen molar-refractivity contribution in [3.05, 3.63) is 34.9 Å². The highest BCUT2D eigenvalue weighted by molar-refractivity contribution is 5.81. The molecule has 4 atom stereocenters. The first-order valence-corrected chi connectivity index (χ1v) is 8.84. The minimum Gasteiger partial charge on any atom is -0.370 e. The molecule has 1 aromatic rings. The molecule has 1 aromatic carbocycles. The Kier molecular flexibility index (Phi) is 5.23. The molecular weight excluding hydrogens is 304 g/mol. The molecule has 5 heteroatoms. The highest BCUT2D eigenvalue weighted by Gasteiger charge is 2.38. The van der Waals surface area contributed by atoms with E-state index in [4.69, 9.17) is 15.2 Å². The smallest absolute Gasteiger partial charge is 0.252 e. The number of carbonyl (C=O) groups excluding carboxylic acids is 1. The first-order valence-electron chi connectivity index (χ1n) is 8.84. The Hall–Kier alpha value is -1.43. The molecule has 3 rings (SSSR count). The Bertz CT molecular complexity index is 604. The number of nitrogens with zero attached hydrogens (tertiary/aromatic N) is 1. The Labute approximate surface area is 144 Å². The van der Waals surface area contributed by atoms with Crippen molar-refractivity contribution in [1.29, 1.82) is 0 Å². The maximum absolute atomic E-state index is 12.9. The number of benzene rings is 1. The van der Waals surface area contributed by atoms with Crippen LogP contribution in [0.25, 0.3) is 0 Å². The molecule has 2 heterocycles.